The molecule has 5 heteroatoms. The molecule has 0 amide bonds. The molecule has 0 aliphatic heterocycles. The van der Waals surface area contributed by atoms with E-state index in [-0.39, 0.29) is 24.2 Å². The molecule has 0 saturated heterocycles. The van der Waals surface area contributed by atoms with Crippen LogP contribution in [0.2, 0.25) is 0 Å². The summed E-state index contributed by atoms with van der Waals surface area (Å²) in [4.78, 5) is 34.2. The molecule has 0 unspecified atom stereocenters. The van der Waals surface area contributed by atoms with Gasteiger partial charge in [-0.3, -0.25) is 9.59 Å². The monoisotopic (exact) mass is 372 g/mol. The first-order chi connectivity index (χ1) is 13.0. The van der Waals surface area contributed by atoms with Gasteiger partial charge in [-0.05, 0) is 42.9 Å². The summed E-state index contributed by atoms with van der Waals surface area (Å²) in [6, 6.07) is 7.22. The molecule has 1 aliphatic carbocycles. The number of ketones is 1. The minimum Gasteiger partial charge on any atom is -0.481 e. The minimum absolute atomic E-state index is 0.0788. The Kier molecular flexibility index (Phi) is 8.24. The van der Waals surface area contributed by atoms with E-state index >= 15 is 0 Å². The van der Waals surface area contributed by atoms with Crippen LogP contribution >= 0.6 is 0 Å². The van der Waals surface area contributed by atoms with Gasteiger partial charge in [0.1, 0.15) is 5.78 Å². The number of ether oxygens (including phenoxy) is 1. The van der Waals surface area contributed by atoms with E-state index in [0.29, 0.717) is 24.2 Å². The van der Waals surface area contributed by atoms with Gasteiger partial charge in [0.25, 0.3) is 0 Å². The first-order valence-electron chi connectivity index (χ1n) is 9.62. The molecule has 5 nitrogen and oxygen atoms in total. The van der Waals surface area contributed by atoms with E-state index < -0.39 is 5.97 Å². The molecule has 0 heterocycles. The predicted molar refractivity (Wildman–Crippen MR) is 103 cm³/mol. The van der Waals surface area contributed by atoms with Crippen LogP contribution < -0.4 is 0 Å². The van der Waals surface area contributed by atoms with Crippen molar-refractivity contribution in [3.8, 4) is 0 Å². The Morgan fingerprint density at radius 3 is 2.52 bits per heavy atom. The van der Waals surface area contributed by atoms with Gasteiger partial charge in [-0.15, -0.1) is 0 Å². The third-order valence-corrected chi connectivity index (χ3v) is 5.18. The normalized spacial score (nSPS) is 19.5. The van der Waals surface area contributed by atoms with Gasteiger partial charge < -0.3 is 9.84 Å². The number of allylic oxidation sites excluding steroid dienone is 1. The van der Waals surface area contributed by atoms with Gasteiger partial charge in [-0.1, -0.05) is 43.5 Å². The lowest BCUT2D eigenvalue weighted by Crippen LogP contribution is -2.13. The van der Waals surface area contributed by atoms with E-state index in [2.05, 4.69) is 6.08 Å². The maximum atomic E-state index is 12.2. The zero-order valence-electron chi connectivity index (χ0n) is 15.9. The molecular formula is C22H28O5. The largest absolute Gasteiger partial charge is 0.481 e. The number of Topliss-reactive ketones (excluding diaryl/α,β-unsaturated/α-hetero) is 1. The summed E-state index contributed by atoms with van der Waals surface area (Å²) in [5.74, 6) is -0.413. The third-order valence-electron chi connectivity index (χ3n) is 5.18. The smallest absolute Gasteiger partial charge is 0.337 e. The summed E-state index contributed by atoms with van der Waals surface area (Å²) in [5.41, 5.74) is 1.51. The van der Waals surface area contributed by atoms with Gasteiger partial charge in [0, 0.05) is 18.8 Å². The number of benzene rings is 1. The highest BCUT2D eigenvalue weighted by molar-refractivity contribution is 5.89. The van der Waals surface area contributed by atoms with E-state index in [9.17, 15) is 14.4 Å². The van der Waals surface area contributed by atoms with Crippen LogP contribution in [0.1, 0.15) is 67.3 Å². The summed E-state index contributed by atoms with van der Waals surface area (Å²) in [6.45, 7) is 0. The molecule has 1 aromatic rings. The van der Waals surface area contributed by atoms with Crippen LogP contribution in [0.15, 0.2) is 30.3 Å². The number of carbonyl (C=O) groups is 3. The van der Waals surface area contributed by atoms with Crippen LogP contribution in [0.3, 0.4) is 0 Å². The van der Waals surface area contributed by atoms with Crippen molar-refractivity contribution in [1.82, 2.24) is 0 Å². The molecule has 0 spiro atoms. The first kappa shape index (κ1) is 20.9. The molecule has 1 aromatic carbocycles. The average molecular weight is 372 g/mol. The molecule has 0 radical (unpaired) electrons. The second-order valence-electron chi connectivity index (χ2n) is 7.09. The number of methoxy groups -OCH3 is 1. The third kappa shape index (κ3) is 6.66. The Hall–Kier alpha value is -2.43. The number of hydrogen-bond donors (Lipinski definition) is 1. The Bertz CT molecular complexity index is 674. The van der Waals surface area contributed by atoms with Crippen molar-refractivity contribution in [2.45, 2.75) is 51.4 Å². The molecule has 27 heavy (non-hydrogen) atoms. The first-order valence-corrected chi connectivity index (χ1v) is 9.62. The van der Waals surface area contributed by atoms with Crippen molar-refractivity contribution < 1.29 is 24.2 Å². The van der Waals surface area contributed by atoms with Gasteiger partial charge in [0.05, 0.1) is 12.7 Å². The fourth-order valence-electron chi connectivity index (χ4n) is 3.62. The molecule has 1 N–H and O–H groups in total. The topological polar surface area (TPSA) is 80.7 Å². The Balaban J connectivity index is 1.83. The summed E-state index contributed by atoms with van der Waals surface area (Å²) >= 11 is 0. The summed E-state index contributed by atoms with van der Waals surface area (Å²) < 4.78 is 4.69. The van der Waals surface area contributed by atoms with Crippen LogP contribution in [-0.4, -0.2) is 29.9 Å². The van der Waals surface area contributed by atoms with Crippen molar-refractivity contribution in [2.24, 2.45) is 11.8 Å². The molecular weight excluding hydrogens is 344 g/mol. The van der Waals surface area contributed by atoms with E-state index in [1.54, 1.807) is 12.1 Å². The highest BCUT2D eigenvalue weighted by atomic mass is 16.5. The average Bonchev–Trinajstić information content (AvgIpc) is 3.02. The lowest BCUT2D eigenvalue weighted by atomic mass is 9.89. The molecule has 0 aromatic heterocycles. The zero-order valence-corrected chi connectivity index (χ0v) is 15.9. The van der Waals surface area contributed by atoms with Gasteiger partial charge >= 0.3 is 11.9 Å². The van der Waals surface area contributed by atoms with E-state index in [1.165, 1.54) is 7.11 Å². The fraction of sp³-hybridized carbons (Fsp3) is 0.500. The van der Waals surface area contributed by atoms with Crippen LogP contribution in [0, 0.1) is 11.8 Å². The number of carbonyl (C=O) groups excluding carboxylic acids is 2. The molecule has 0 bridgehead atoms. The SMILES string of the molecule is COC(=O)c1ccc(C=C[C@@H]2CCC(=O)[C@H]2CCCCCCC(=O)O)cc1. The van der Waals surface area contributed by atoms with Gasteiger partial charge in [-0.2, -0.15) is 0 Å². The van der Waals surface area contributed by atoms with Crippen LogP contribution in [0.5, 0.6) is 0 Å². The number of unbranched alkanes of at least 4 members (excludes halogenated alkanes) is 3. The molecule has 2 rings (SSSR count). The second kappa shape index (κ2) is 10.7. The van der Waals surface area contributed by atoms with Crippen LogP contribution in [0.25, 0.3) is 6.08 Å². The molecule has 1 aliphatic rings. The maximum Gasteiger partial charge on any atom is 0.337 e. The van der Waals surface area contributed by atoms with E-state index in [4.69, 9.17) is 9.84 Å². The highest BCUT2D eigenvalue weighted by Crippen LogP contribution is 2.34. The van der Waals surface area contributed by atoms with E-state index in [0.717, 1.165) is 37.7 Å². The lowest BCUT2D eigenvalue weighted by Gasteiger charge is -2.14. The van der Waals surface area contributed by atoms with Crippen LogP contribution in [0.4, 0.5) is 0 Å². The summed E-state index contributed by atoms with van der Waals surface area (Å²) in [5, 5.41) is 8.64. The van der Waals surface area contributed by atoms with Crippen molar-refractivity contribution >= 4 is 23.8 Å². The summed E-state index contributed by atoms with van der Waals surface area (Å²) in [6.07, 6.45) is 10.3. The van der Waals surface area contributed by atoms with Gasteiger partial charge in [0.15, 0.2) is 0 Å². The van der Waals surface area contributed by atoms with Crippen molar-refractivity contribution in [2.75, 3.05) is 7.11 Å². The highest BCUT2D eigenvalue weighted by Gasteiger charge is 2.32. The predicted octanol–water partition coefficient (Wildman–Crippen LogP) is 4.51. The number of carboxylic acids is 1. The number of hydrogen-bond acceptors (Lipinski definition) is 4. The second-order valence-corrected chi connectivity index (χ2v) is 7.09. The van der Waals surface area contributed by atoms with Gasteiger partial charge in [0.2, 0.25) is 0 Å². The Morgan fingerprint density at radius 1 is 1.15 bits per heavy atom. The van der Waals surface area contributed by atoms with Crippen molar-refractivity contribution in [3.05, 3.63) is 41.5 Å². The van der Waals surface area contributed by atoms with Crippen molar-refractivity contribution in [1.29, 1.82) is 0 Å². The van der Waals surface area contributed by atoms with Gasteiger partial charge in [-0.25, -0.2) is 4.79 Å². The molecule has 146 valence electrons. The number of carboxylic acid groups (broad SMARTS) is 1. The maximum absolute atomic E-state index is 12.2. The minimum atomic E-state index is -0.745. The molecule has 1 fully saturated rings. The molecule has 1 saturated carbocycles. The lowest BCUT2D eigenvalue weighted by molar-refractivity contribution is -0.137. The fourth-order valence-corrected chi connectivity index (χ4v) is 3.62. The summed E-state index contributed by atoms with van der Waals surface area (Å²) in [7, 11) is 1.36. The van der Waals surface area contributed by atoms with Crippen LogP contribution in [-0.2, 0) is 14.3 Å². The number of aliphatic carboxylic acids is 1. The Labute approximate surface area is 160 Å². The standard InChI is InChI=1S/C22H28O5/c1-27-22(26)18-12-9-16(10-13-18)8-11-17-14-15-20(23)19(17)6-4-2-3-5-7-21(24)25/h8-13,17,19H,2-7,14-15H2,1H3,(H,24,25)/t17-,19+/m1/s1. The molecule has 2 atom stereocenters. The zero-order chi connectivity index (χ0) is 19.6. The quantitative estimate of drug-likeness (QED) is 0.483. The Morgan fingerprint density at radius 2 is 1.85 bits per heavy atom. The number of rotatable bonds is 10. The van der Waals surface area contributed by atoms with E-state index in [1.807, 2.05) is 18.2 Å². The number of esters is 1. The van der Waals surface area contributed by atoms with Crippen molar-refractivity contribution in [3.63, 3.8) is 0 Å².